The first-order valence-electron chi connectivity index (χ1n) is 8.08. The Balaban J connectivity index is 1.71. The van der Waals surface area contributed by atoms with E-state index in [4.69, 9.17) is 4.42 Å². The van der Waals surface area contributed by atoms with E-state index in [0.29, 0.717) is 37.2 Å². The lowest BCUT2D eigenvalue weighted by Gasteiger charge is -2.10. The Morgan fingerprint density at radius 2 is 2.04 bits per heavy atom. The fourth-order valence-corrected chi connectivity index (χ4v) is 2.04. The summed E-state index contributed by atoms with van der Waals surface area (Å²) in [6.45, 7) is 6.59. The monoisotopic (exact) mass is 344 g/mol. The third-order valence-corrected chi connectivity index (χ3v) is 3.53. The molecule has 0 aromatic carbocycles. The van der Waals surface area contributed by atoms with Gasteiger partial charge in [0.2, 0.25) is 11.8 Å². The molecule has 2 rings (SSSR count). The fraction of sp³-hybridized carbons (Fsp3) is 0.412. The largest absolute Gasteiger partial charge is 0.444 e. The highest BCUT2D eigenvalue weighted by Crippen LogP contribution is 2.07. The molecule has 0 unspecified atom stereocenters. The number of oxazole rings is 1. The van der Waals surface area contributed by atoms with Crippen molar-refractivity contribution in [3.8, 4) is 0 Å². The molecule has 0 aliphatic heterocycles. The number of anilines is 1. The first kappa shape index (κ1) is 18.4. The molecule has 0 aliphatic carbocycles. The summed E-state index contributed by atoms with van der Waals surface area (Å²) in [4.78, 5) is 24.5. The molecule has 0 fully saturated rings. The molecule has 0 aliphatic rings. The molecule has 2 heterocycles. The van der Waals surface area contributed by atoms with Crippen LogP contribution in [0.25, 0.3) is 0 Å². The molecule has 0 atom stereocenters. The van der Waals surface area contributed by atoms with Crippen LogP contribution < -0.4 is 16.0 Å². The summed E-state index contributed by atoms with van der Waals surface area (Å²) in [7, 11) is 1.66. The molecule has 3 N–H and O–H groups in total. The lowest BCUT2D eigenvalue weighted by molar-refractivity contribution is -0.116. The van der Waals surface area contributed by atoms with Gasteiger partial charge < -0.3 is 20.4 Å². The molecule has 8 heteroatoms. The van der Waals surface area contributed by atoms with Gasteiger partial charge in [-0.05, 0) is 32.4 Å². The van der Waals surface area contributed by atoms with Gasteiger partial charge in [0.05, 0.1) is 12.2 Å². The number of rotatable bonds is 6. The number of nitrogens with one attached hydrogen (secondary N) is 3. The van der Waals surface area contributed by atoms with Crippen molar-refractivity contribution in [2.45, 2.75) is 33.7 Å². The number of amides is 1. The summed E-state index contributed by atoms with van der Waals surface area (Å²) < 4.78 is 5.50. The van der Waals surface area contributed by atoms with Crippen LogP contribution >= 0.6 is 0 Å². The highest BCUT2D eigenvalue weighted by molar-refractivity contribution is 5.90. The van der Waals surface area contributed by atoms with Crippen molar-refractivity contribution in [1.82, 2.24) is 20.6 Å². The number of aromatic nitrogens is 2. The number of aliphatic imine (C=N–C) groups is 1. The summed E-state index contributed by atoms with van der Waals surface area (Å²) in [5.41, 5.74) is 1.92. The van der Waals surface area contributed by atoms with E-state index < -0.39 is 0 Å². The Hall–Kier alpha value is -2.90. The van der Waals surface area contributed by atoms with Crippen molar-refractivity contribution in [2.24, 2.45) is 4.99 Å². The van der Waals surface area contributed by atoms with Gasteiger partial charge in [-0.25, -0.2) is 9.97 Å². The van der Waals surface area contributed by atoms with Crippen LogP contribution in [0.4, 0.5) is 5.82 Å². The molecule has 0 spiro atoms. The number of hydrogen-bond acceptors (Lipinski definition) is 5. The van der Waals surface area contributed by atoms with Gasteiger partial charge in [-0.3, -0.25) is 9.79 Å². The average molecular weight is 344 g/mol. The third kappa shape index (κ3) is 5.91. The lowest BCUT2D eigenvalue weighted by Crippen LogP contribution is -2.38. The van der Waals surface area contributed by atoms with Crippen LogP contribution in [0.1, 0.15) is 29.3 Å². The number of hydrogen-bond donors (Lipinski definition) is 3. The molecular formula is C17H24N6O2. The third-order valence-electron chi connectivity index (χ3n) is 3.53. The van der Waals surface area contributed by atoms with E-state index in [1.807, 2.05) is 26.8 Å². The number of carbonyl (C=O) groups excluding carboxylic acids is 1. The molecule has 0 saturated heterocycles. The van der Waals surface area contributed by atoms with Crippen LogP contribution in [0.3, 0.4) is 0 Å². The molecule has 0 saturated carbocycles. The van der Waals surface area contributed by atoms with E-state index in [9.17, 15) is 4.79 Å². The van der Waals surface area contributed by atoms with Crippen LogP contribution in [0.2, 0.25) is 0 Å². The van der Waals surface area contributed by atoms with Crippen molar-refractivity contribution in [3.63, 3.8) is 0 Å². The van der Waals surface area contributed by atoms with Crippen molar-refractivity contribution in [2.75, 3.05) is 18.9 Å². The van der Waals surface area contributed by atoms with E-state index >= 15 is 0 Å². The summed E-state index contributed by atoms with van der Waals surface area (Å²) in [6.07, 6.45) is 2.01. The van der Waals surface area contributed by atoms with Crippen molar-refractivity contribution < 1.29 is 9.21 Å². The Labute approximate surface area is 147 Å². The number of carbonyl (C=O) groups is 1. The summed E-state index contributed by atoms with van der Waals surface area (Å²) in [5, 5.41) is 8.92. The minimum Gasteiger partial charge on any atom is -0.444 e. The molecule has 8 nitrogen and oxygen atoms in total. The van der Waals surface area contributed by atoms with E-state index in [1.165, 1.54) is 0 Å². The van der Waals surface area contributed by atoms with Crippen molar-refractivity contribution in [3.05, 3.63) is 41.2 Å². The second kappa shape index (κ2) is 8.81. The molecular weight excluding hydrogens is 320 g/mol. The SMILES string of the molecule is CN=C(NCCC(=O)Nc1ccc(C)cn1)NCc1nc(C)c(C)o1. The van der Waals surface area contributed by atoms with E-state index in [-0.39, 0.29) is 5.91 Å². The summed E-state index contributed by atoms with van der Waals surface area (Å²) in [6, 6.07) is 3.68. The molecule has 25 heavy (non-hydrogen) atoms. The average Bonchev–Trinajstić information content (AvgIpc) is 2.91. The molecule has 1 amide bonds. The number of nitrogens with zero attached hydrogens (tertiary/aromatic N) is 3. The van der Waals surface area contributed by atoms with Crippen LogP contribution in [0, 0.1) is 20.8 Å². The van der Waals surface area contributed by atoms with Crippen LogP contribution in [-0.4, -0.2) is 35.4 Å². The van der Waals surface area contributed by atoms with E-state index in [2.05, 4.69) is 30.9 Å². The highest BCUT2D eigenvalue weighted by atomic mass is 16.4. The topological polar surface area (TPSA) is 104 Å². The number of pyridine rings is 1. The Morgan fingerprint density at radius 3 is 2.64 bits per heavy atom. The zero-order chi connectivity index (χ0) is 18.2. The maximum atomic E-state index is 11.9. The maximum Gasteiger partial charge on any atom is 0.227 e. The first-order valence-corrected chi connectivity index (χ1v) is 8.08. The van der Waals surface area contributed by atoms with Crippen LogP contribution in [-0.2, 0) is 11.3 Å². The van der Waals surface area contributed by atoms with E-state index in [0.717, 1.165) is 17.0 Å². The Bertz CT molecular complexity index is 717. The van der Waals surface area contributed by atoms with Gasteiger partial charge in [0, 0.05) is 26.2 Å². The smallest absolute Gasteiger partial charge is 0.227 e. The van der Waals surface area contributed by atoms with Gasteiger partial charge in [-0.15, -0.1) is 0 Å². The molecule has 134 valence electrons. The zero-order valence-corrected chi connectivity index (χ0v) is 15.0. The molecule has 2 aromatic heterocycles. The molecule has 2 aromatic rings. The second-order valence-corrected chi connectivity index (χ2v) is 5.62. The molecule has 0 radical (unpaired) electrons. The zero-order valence-electron chi connectivity index (χ0n) is 15.0. The van der Waals surface area contributed by atoms with Gasteiger partial charge in [-0.2, -0.15) is 0 Å². The number of aryl methyl sites for hydroxylation is 3. The maximum absolute atomic E-state index is 11.9. The van der Waals surface area contributed by atoms with Crippen LogP contribution in [0.15, 0.2) is 27.7 Å². The lowest BCUT2D eigenvalue weighted by atomic mass is 10.3. The second-order valence-electron chi connectivity index (χ2n) is 5.62. The summed E-state index contributed by atoms with van der Waals surface area (Å²) in [5.74, 6) is 2.42. The standard InChI is InChI=1S/C17H24N6O2/c1-11-5-6-14(20-9-11)23-15(24)7-8-19-17(18-4)21-10-16-22-12(2)13(3)25-16/h5-6,9H,7-8,10H2,1-4H3,(H2,18,19,21)(H,20,23,24). The minimum atomic E-state index is -0.113. The van der Waals surface area contributed by atoms with Gasteiger partial charge in [0.1, 0.15) is 11.6 Å². The predicted octanol–water partition coefficient (Wildman–Crippen LogP) is 1.69. The highest BCUT2D eigenvalue weighted by Gasteiger charge is 2.07. The molecule has 0 bridgehead atoms. The quantitative estimate of drug-likeness (QED) is 0.544. The van der Waals surface area contributed by atoms with Crippen LogP contribution in [0.5, 0.6) is 0 Å². The van der Waals surface area contributed by atoms with Gasteiger partial charge >= 0.3 is 0 Å². The predicted molar refractivity (Wildman–Crippen MR) is 96.4 cm³/mol. The number of guanidine groups is 1. The van der Waals surface area contributed by atoms with Crippen molar-refractivity contribution in [1.29, 1.82) is 0 Å². The van der Waals surface area contributed by atoms with Gasteiger partial charge in [0.25, 0.3) is 0 Å². The normalized spacial score (nSPS) is 11.3. The Kier molecular flexibility index (Phi) is 6.50. The first-order chi connectivity index (χ1) is 12.0. The summed E-state index contributed by atoms with van der Waals surface area (Å²) >= 11 is 0. The minimum absolute atomic E-state index is 0.113. The Morgan fingerprint density at radius 1 is 1.24 bits per heavy atom. The van der Waals surface area contributed by atoms with Gasteiger partial charge in [-0.1, -0.05) is 6.07 Å². The van der Waals surface area contributed by atoms with Crippen molar-refractivity contribution >= 4 is 17.7 Å². The van der Waals surface area contributed by atoms with Gasteiger partial charge in [0.15, 0.2) is 5.96 Å². The fourth-order valence-electron chi connectivity index (χ4n) is 2.04. The van der Waals surface area contributed by atoms with E-state index in [1.54, 1.807) is 19.3 Å².